The number of nitrogens with two attached hydrogens (primary N) is 1. The van der Waals surface area contributed by atoms with Gasteiger partial charge in [-0.25, -0.2) is 9.80 Å². The molecule has 114 valence electrons. The van der Waals surface area contributed by atoms with Gasteiger partial charge in [0.05, 0.1) is 0 Å². The molecule has 0 aromatic carbocycles. The lowest BCUT2D eigenvalue weighted by molar-refractivity contribution is -0.00544. The predicted molar refractivity (Wildman–Crippen MR) is 75.6 cm³/mol. The molecule has 19 heavy (non-hydrogen) atoms. The number of amides is 1. The number of halogens is 1. The minimum Gasteiger partial charge on any atom is -0.425 e. The number of nitrogens with one attached hydrogen (secondary N) is 1. The van der Waals surface area contributed by atoms with E-state index in [1.165, 1.54) is 5.01 Å². The van der Waals surface area contributed by atoms with Crippen LogP contribution >= 0.6 is 12.4 Å². The van der Waals surface area contributed by atoms with Crippen LogP contribution in [0.1, 0.15) is 34.1 Å². The van der Waals surface area contributed by atoms with Gasteiger partial charge in [0, 0.05) is 12.6 Å². The predicted octanol–water partition coefficient (Wildman–Crippen LogP) is 1.08. The fourth-order valence-corrected chi connectivity index (χ4v) is 1.95. The topological polar surface area (TPSA) is 87.8 Å². The maximum absolute atomic E-state index is 11.6. The first-order chi connectivity index (χ1) is 8.31. The largest absolute Gasteiger partial charge is 0.426 e. The summed E-state index contributed by atoms with van der Waals surface area (Å²) in [7, 11) is 0. The van der Waals surface area contributed by atoms with E-state index in [4.69, 9.17) is 10.5 Å². The zero-order chi connectivity index (χ0) is 13.9. The summed E-state index contributed by atoms with van der Waals surface area (Å²) in [6.07, 6.45) is -1.41. The summed E-state index contributed by atoms with van der Waals surface area (Å²) < 4.78 is 5.09. The van der Waals surface area contributed by atoms with Gasteiger partial charge >= 0.3 is 6.09 Å². The lowest BCUT2D eigenvalue weighted by Gasteiger charge is -2.24. The van der Waals surface area contributed by atoms with Crippen LogP contribution in [-0.2, 0) is 4.74 Å². The van der Waals surface area contributed by atoms with Crippen molar-refractivity contribution in [2.24, 2.45) is 17.6 Å². The number of aliphatic hydroxyl groups excluding tert-OH is 1. The molecule has 0 radical (unpaired) electrons. The number of hydrogen-bond acceptors (Lipinski definition) is 5. The highest BCUT2D eigenvalue weighted by molar-refractivity contribution is 5.85. The van der Waals surface area contributed by atoms with E-state index >= 15 is 0 Å². The fraction of sp³-hybridized carbons (Fsp3) is 0.917. The summed E-state index contributed by atoms with van der Waals surface area (Å²) in [6, 6.07) is -0.408. The molecule has 1 heterocycles. The molecule has 6 nitrogen and oxygen atoms in total. The van der Waals surface area contributed by atoms with Gasteiger partial charge < -0.3 is 15.6 Å². The van der Waals surface area contributed by atoms with Gasteiger partial charge in [-0.15, -0.1) is 12.4 Å². The Morgan fingerprint density at radius 1 is 1.37 bits per heavy atom. The van der Waals surface area contributed by atoms with E-state index in [2.05, 4.69) is 5.43 Å². The number of cyclic esters (lactones) is 1. The smallest absolute Gasteiger partial charge is 0.425 e. The molecule has 2 unspecified atom stereocenters. The summed E-state index contributed by atoms with van der Waals surface area (Å²) in [5, 5.41) is 11.4. The van der Waals surface area contributed by atoms with Gasteiger partial charge in [0.1, 0.15) is 6.10 Å². The van der Waals surface area contributed by atoms with Crippen LogP contribution in [0.2, 0.25) is 0 Å². The van der Waals surface area contributed by atoms with Crippen LogP contribution < -0.4 is 11.2 Å². The number of rotatable bonds is 6. The van der Waals surface area contributed by atoms with Gasteiger partial charge in [-0.1, -0.05) is 27.7 Å². The Balaban J connectivity index is 0.00000324. The van der Waals surface area contributed by atoms with Crippen molar-refractivity contribution in [1.29, 1.82) is 0 Å². The van der Waals surface area contributed by atoms with Crippen molar-refractivity contribution in [2.75, 3.05) is 6.54 Å². The molecule has 0 spiro atoms. The minimum atomic E-state index is -0.895. The molecule has 0 bridgehead atoms. The van der Waals surface area contributed by atoms with Crippen LogP contribution in [0.5, 0.6) is 0 Å². The maximum atomic E-state index is 11.6. The second-order valence-corrected chi connectivity index (χ2v) is 5.72. The second-order valence-electron chi connectivity index (χ2n) is 5.72. The molecule has 1 saturated heterocycles. The number of nitrogens with zero attached hydrogens (tertiary/aromatic N) is 1. The number of carbonyl (C=O) groups is 1. The first-order valence-corrected chi connectivity index (χ1v) is 6.49. The molecule has 0 saturated carbocycles. The molecule has 4 N–H and O–H groups in total. The zero-order valence-corrected chi connectivity index (χ0v) is 12.8. The Morgan fingerprint density at radius 2 is 1.95 bits per heavy atom. The number of ether oxygens (including phenoxy) is 1. The molecule has 1 rings (SSSR count). The van der Waals surface area contributed by atoms with E-state index in [1.807, 2.05) is 27.7 Å². The van der Waals surface area contributed by atoms with Crippen molar-refractivity contribution < 1.29 is 14.6 Å². The molecular formula is C12H26ClN3O3. The first-order valence-electron chi connectivity index (χ1n) is 6.49. The second kappa shape index (κ2) is 7.89. The van der Waals surface area contributed by atoms with E-state index in [0.717, 1.165) is 0 Å². The summed E-state index contributed by atoms with van der Waals surface area (Å²) in [4.78, 5) is 11.6. The maximum Gasteiger partial charge on any atom is 0.426 e. The van der Waals surface area contributed by atoms with Gasteiger partial charge in [-0.2, -0.15) is 5.43 Å². The van der Waals surface area contributed by atoms with E-state index in [-0.39, 0.29) is 12.4 Å². The van der Waals surface area contributed by atoms with Crippen molar-refractivity contribution in [3.05, 3.63) is 0 Å². The third kappa shape index (κ3) is 5.52. The molecule has 1 fully saturated rings. The molecule has 0 aromatic rings. The molecule has 3 atom stereocenters. The van der Waals surface area contributed by atoms with E-state index in [0.29, 0.717) is 24.8 Å². The van der Waals surface area contributed by atoms with Crippen LogP contribution in [0.3, 0.4) is 0 Å². The quantitative estimate of drug-likeness (QED) is 0.682. The van der Waals surface area contributed by atoms with Crippen molar-refractivity contribution >= 4 is 18.5 Å². The molecule has 7 heteroatoms. The van der Waals surface area contributed by atoms with Crippen molar-refractivity contribution in [2.45, 2.75) is 52.5 Å². The van der Waals surface area contributed by atoms with E-state index in [1.54, 1.807) is 0 Å². The molecule has 0 aromatic heterocycles. The van der Waals surface area contributed by atoms with Crippen LogP contribution in [0.25, 0.3) is 0 Å². The van der Waals surface area contributed by atoms with Gasteiger partial charge in [0.15, 0.2) is 6.23 Å². The molecule has 1 aliphatic heterocycles. The third-order valence-corrected chi connectivity index (χ3v) is 2.77. The minimum absolute atomic E-state index is 0. The standard InChI is InChI=1S/C12H25N3O3.ClH/c1-7(2)5-9(13)10(16)11-14-15(6-8(3)4)12(17)18-11;/h7-11,14,16H,5-6,13H2,1-4H3;1H/t9-,10?,11?;/m0./s1. The van der Waals surface area contributed by atoms with Crippen molar-refractivity contribution in [1.82, 2.24) is 10.4 Å². The van der Waals surface area contributed by atoms with Gasteiger partial charge in [0.25, 0.3) is 0 Å². The van der Waals surface area contributed by atoms with Gasteiger partial charge in [-0.05, 0) is 18.3 Å². The average molecular weight is 296 g/mol. The average Bonchev–Trinajstić information content (AvgIpc) is 2.57. The van der Waals surface area contributed by atoms with E-state index < -0.39 is 24.5 Å². The van der Waals surface area contributed by atoms with Gasteiger partial charge in [0.2, 0.25) is 0 Å². The van der Waals surface area contributed by atoms with Crippen molar-refractivity contribution in [3.8, 4) is 0 Å². The highest BCUT2D eigenvalue weighted by atomic mass is 35.5. The van der Waals surface area contributed by atoms with Crippen LogP contribution in [-0.4, -0.2) is 41.1 Å². The monoisotopic (exact) mass is 295 g/mol. The highest BCUT2D eigenvalue weighted by Crippen LogP contribution is 2.15. The van der Waals surface area contributed by atoms with Gasteiger partial charge in [-0.3, -0.25) is 0 Å². The summed E-state index contributed by atoms with van der Waals surface area (Å²) in [5.74, 6) is 0.712. The summed E-state index contributed by atoms with van der Waals surface area (Å²) in [5.41, 5.74) is 8.75. The molecule has 1 amide bonds. The summed E-state index contributed by atoms with van der Waals surface area (Å²) >= 11 is 0. The Morgan fingerprint density at radius 3 is 2.42 bits per heavy atom. The van der Waals surface area contributed by atoms with Crippen LogP contribution in [0.4, 0.5) is 4.79 Å². The first kappa shape index (κ1) is 18.4. The number of hydrogen-bond donors (Lipinski definition) is 3. The number of aliphatic hydroxyl groups is 1. The lowest BCUT2D eigenvalue weighted by atomic mass is 9.99. The van der Waals surface area contributed by atoms with E-state index in [9.17, 15) is 9.90 Å². The fourth-order valence-electron chi connectivity index (χ4n) is 1.95. The highest BCUT2D eigenvalue weighted by Gasteiger charge is 2.38. The summed E-state index contributed by atoms with van der Waals surface area (Å²) in [6.45, 7) is 8.62. The lowest BCUT2D eigenvalue weighted by Crippen LogP contribution is -2.51. The SMILES string of the molecule is CC(C)C[C@H](N)C(O)C1NN(CC(C)C)C(=O)O1.Cl. The molecule has 0 aliphatic carbocycles. The van der Waals surface area contributed by atoms with Crippen LogP contribution in [0, 0.1) is 11.8 Å². The van der Waals surface area contributed by atoms with Crippen molar-refractivity contribution in [3.63, 3.8) is 0 Å². The third-order valence-electron chi connectivity index (χ3n) is 2.77. The Bertz CT molecular complexity index is 289. The number of hydrazine groups is 1. The molecule has 1 aliphatic rings. The Hall–Kier alpha value is -0.560. The normalized spacial score (nSPS) is 22.4. The molecular weight excluding hydrogens is 270 g/mol. The number of carbonyl (C=O) groups excluding carboxylic acids is 1. The Labute approximate surface area is 121 Å². The van der Waals surface area contributed by atoms with Crippen LogP contribution in [0.15, 0.2) is 0 Å². The Kier molecular flexibility index (Phi) is 7.66. The zero-order valence-electron chi connectivity index (χ0n) is 12.0.